The minimum atomic E-state index is -3.96. The van der Waals surface area contributed by atoms with Gasteiger partial charge < -0.3 is 0 Å². The van der Waals surface area contributed by atoms with Gasteiger partial charge in [-0.2, -0.15) is 0 Å². The highest BCUT2D eigenvalue weighted by molar-refractivity contribution is 9.10. The van der Waals surface area contributed by atoms with Crippen LogP contribution >= 0.6 is 26.6 Å². The van der Waals surface area contributed by atoms with Gasteiger partial charge in [-0.1, -0.05) is 0 Å². The van der Waals surface area contributed by atoms with Crippen molar-refractivity contribution in [2.75, 3.05) is 0 Å². The summed E-state index contributed by atoms with van der Waals surface area (Å²) < 4.78 is 34.0. The summed E-state index contributed by atoms with van der Waals surface area (Å²) in [5.41, 5.74) is 0. The zero-order chi connectivity index (χ0) is 9.35. The maximum absolute atomic E-state index is 12.6. The van der Waals surface area contributed by atoms with E-state index in [0.717, 1.165) is 12.1 Å². The van der Waals surface area contributed by atoms with Crippen molar-refractivity contribution in [2.24, 2.45) is 0 Å². The van der Waals surface area contributed by atoms with Crippen LogP contribution in [-0.4, -0.2) is 13.4 Å². The summed E-state index contributed by atoms with van der Waals surface area (Å²) in [4.78, 5) is 3.46. The molecule has 0 aliphatic heterocycles. The summed E-state index contributed by atoms with van der Waals surface area (Å²) in [6, 6.07) is 1.78. The average Bonchev–Trinajstić information content (AvgIpc) is 1.82. The van der Waals surface area contributed by atoms with Crippen LogP contribution in [0.4, 0.5) is 4.39 Å². The van der Waals surface area contributed by atoms with Crippen molar-refractivity contribution in [3.8, 4) is 0 Å². The van der Waals surface area contributed by atoms with Crippen LogP contribution in [0.25, 0.3) is 0 Å². The van der Waals surface area contributed by atoms with E-state index in [2.05, 4.69) is 20.9 Å². The standard InChI is InChI=1S/C5H2BrClFNO2S/c6-4-1-3(8)2-5(9-4)12(7,10)11/h1-2H. The Bertz CT molecular complexity index is 388. The van der Waals surface area contributed by atoms with Crippen LogP contribution in [0.1, 0.15) is 0 Å². The number of nitrogens with zero attached hydrogens (tertiary/aromatic N) is 1. The smallest absolute Gasteiger partial charge is 0.228 e. The third-order valence-corrected chi connectivity index (χ3v) is 2.57. The minimum Gasteiger partial charge on any atom is -0.228 e. The molecule has 1 rings (SSSR count). The van der Waals surface area contributed by atoms with Gasteiger partial charge in [-0.3, -0.25) is 0 Å². The van der Waals surface area contributed by atoms with Gasteiger partial charge in [0.25, 0.3) is 9.05 Å². The normalized spacial score (nSPS) is 11.6. The minimum absolute atomic E-state index is 0.0849. The first-order valence-electron chi connectivity index (χ1n) is 2.67. The van der Waals surface area contributed by atoms with Gasteiger partial charge in [0.2, 0.25) is 0 Å². The van der Waals surface area contributed by atoms with Crippen LogP contribution in [-0.2, 0) is 9.05 Å². The predicted octanol–water partition coefficient (Wildman–Crippen LogP) is 1.91. The quantitative estimate of drug-likeness (QED) is 0.580. The maximum atomic E-state index is 12.6. The highest BCUT2D eigenvalue weighted by Gasteiger charge is 2.13. The molecule has 12 heavy (non-hydrogen) atoms. The third kappa shape index (κ3) is 2.40. The van der Waals surface area contributed by atoms with E-state index < -0.39 is 19.9 Å². The number of aromatic nitrogens is 1. The summed E-state index contributed by atoms with van der Waals surface area (Å²) >= 11 is 2.83. The van der Waals surface area contributed by atoms with E-state index in [9.17, 15) is 12.8 Å². The Morgan fingerprint density at radius 3 is 2.50 bits per heavy atom. The molecular weight excluding hydrogens is 272 g/mol. The number of halogens is 3. The molecule has 0 radical (unpaired) electrons. The highest BCUT2D eigenvalue weighted by Crippen LogP contribution is 2.17. The summed E-state index contributed by atoms with van der Waals surface area (Å²) in [6.07, 6.45) is 0. The van der Waals surface area contributed by atoms with E-state index in [1.807, 2.05) is 0 Å². The summed E-state index contributed by atoms with van der Waals surface area (Å²) in [6.45, 7) is 0. The van der Waals surface area contributed by atoms with Crippen molar-refractivity contribution in [2.45, 2.75) is 5.03 Å². The molecule has 0 N–H and O–H groups in total. The molecule has 0 atom stereocenters. The van der Waals surface area contributed by atoms with Crippen LogP contribution in [0.3, 0.4) is 0 Å². The molecule has 0 aromatic carbocycles. The van der Waals surface area contributed by atoms with Crippen molar-refractivity contribution in [3.63, 3.8) is 0 Å². The highest BCUT2D eigenvalue weighted by atomic mass is 79.9. The molecule has 0 aliphatic carbocycles. The first kappa shape index (κ1) is 9.88. The van der Waals surface area contributed by atoms with Gasteiger partial charge in [0, 0.05) is 22.8 Å². The molecule has 0 saturated heterocycles. The molecule has 0 spiro atoms. The van der Waals surface area contributed by atoms with Gasteiger partial charge >= 0.3 is 0 Å². The van der Waals surface area contributed by atoms with Gasteiger partial charge in [0.05, 0.1) is 0 Å². The molecule has 1 heterocycles. The summed E-state index contributed by atoms with van der Waals surface area (Å²) in [5, 5.41) is -0.504. The van der Waals surface area contributed by atoms with Crippen molar-refractivity contribution >= 4 is 35.7 Å². The summed E-state index contributed by atoms with van der Waals surface area (Å²) in [5.74, 6) is -0.712. The summed E-state index contributed by atoms with van der Waals surface area (Å²) in [7, 11) is 0.968. The number of hydrogen-bond donors (Lipinski definition) is 0. The topological polar surface area (TPSA) is 47.0 Å². The molecule has 3 nitrogen and oxygen atoms in total. The fourth-order valence-electron chi connectivity index (χ4n) is 0.568. The van der Waals surface area contributed by atoms with E-state index in [1.54, 1.807) is 0 Å². The average molecular weight is 274 g/mol. The lowest BCUT2D eigenvalue weighted by Crippen LogP contribution is -1.96. The molecule has 0 aliphatic rings. The van der Waals surface area contributed by atoms with Crippen LogP contribution in [0, 0.1) is 5.82 Å². The van der Waals surface area contributed by atoms with E-state index >= 15 is 0 Å². The molecule has 0 amide bonds. The first-order valence-corrected chi connectivity index (χ1v) is 5.77. The van der Waals surface area contributed by atoms with Crippen molar-refractivity contribution in [1.82, 2.24) is 4.98 Å². The number of rotatable bonds is 1. The lowest BCUT2D eigenvalue weighted by Gasteiger charge is -1.95. The SMILES string of the molecule is O=S(=O)(Cl)c1cc(F)cc(Br)n1. The zero-order valence-electron chi connectivity index (χ0n) is 5.46. The number of hydrogen-bond acceptors (Lipinski definition) is 3. The Labute approximate surface area is 81.1 Å². The van der Waals surface area contributed by atoms with Gasteiger partial charge in [-0.05, 0) is 15.9 Å². The van der Waals surface area contributed by atoms with E-state index in [1.165, 1.54) is 0 Å². The Hall–Kier alpha value is -0.200. The molecule has 0 saturated carbocycles. The van der Waals surface area contributed by atoms with E-state index in [-0.39, 0.29) is 4.60 Å². The van der Waals surface area contributed by atoms with Crippen LogP contribution in [0.5, 0.6) is 0 Å². The van der Waals surface area contributed by atoms with Gasteiger partial charge in [-0.25, -0.2) is 17.8 Å². The largest absolute Gasteiger partial charge is 0.278 e. The predicted molar refractivity (Wildman–Crippen MR) is 44.9 cm³/mol. The van der Waals surface area contributed by atoms with E-state index in [0.29, 0.717) is 0 Å². The molecule has 1 aromatic heterocycles. The molecule has 66 valence electrons. The fraction of sp³-hybridized carbons (Fsp3) is 0. The molecule has 7 heteroatoms. The van der Waals surface area contributed by atoms with E-state index in [4.69, 9.17) is 10.7 Å². The van der Waals surface area contributed by atoms with Crippen LogP contribution < -0.4 is 0 Å². The second-order valence-electron chi connectivity index (χ2n) is 1.88. The van der Waals surface area contributed by atoms with Crippen molar-refractivity contribution < 1.29 is 12.8 Å². The Morgan fingerprint density at radius 2 is 2.08 bits per heavy atom. The van der Waals surface area contributed by atoms with Gasteiger partial charge in [-0.15, -0.1) is 0 Å². The van der Waals surface area contributed by atoms with Crippen LogP contribution in [0.2, 0.25) is 0 Å². The van der Waals surface area contributed by atoms with Crippen molar-refractivity contribution in [3.05, 3.63) is 22.6 Å². The molecular formula is C5H2BrClFNO2S. The Balaban J connectivity index is 3.37. The Morgan fingerprint density at radius 1 is 1.50 bits per heavy atom. The van der Waals surface area contributed by atoms with Gasteiger partial charge in [0.1, 0.15) is 10.4 Å². The lowest BCUT2D eigenvalue weighted by atomic mass is 10.5. The maximum Gasteiger partial charge on any atom is 0.278 e. The van der Waals surface area contributed by atoms with Crippen LogP contribution in [0.15, 0.2) is 21.8 Å². The molecule has 1 aromatic rings. The van der Waals surface area contributed by atoms with Crippen molar-refractivity contribution in [1.29, 1.82) is 0 Å². The first-order chi connectivity index (χ1) is 5.39. The zero-order valence-corrected chi connectivity index (χ0v) is 8.62. The monoisotopic (exact) mass is 273 g/mol. The number of pyridine rings is 1. The second-order valence-corrected chi connectivity index (χ2v) is 5.21. The third-order valence-electron chi connectivity index (χ3n) is 0.985. The van der Waals surface area contributed by atoms with Gasteiger partial charge in [0.15, 0.2) is 5.03 Å². The molecule has 0 fully saturated rings. The second kappa shape index (κ2) is 3.27. The Kier molecular flexibility index (Phi) is 2.70. The molecule has 0 unspecified atom stereocenters. The lowest BCUT2D eigenvalue weighted by molar-refractivity contribution is 0.594. The fourth-order valence-corrected chi connectivity index (χ4v) is 1.79. The molecule has 0 bridgehead atoms.